The maximum atomic E-state index is 12.5. The molecule has 1 rings (SSSR count). The lowest BCUT2D eigenvalue weighted by Crippen LogP contribution is -2.42. The van der Waals surface area contributed by atoms with E-state index in [-0.39, 0.29) is 0 Å². The number of rotatable bonds is 1. The Balaban J connectivity index is 3.05. The van der Waals surface area contributed by atoms with Gasteiger partial charge in [0.05, 0.1) is 5.92 Å². The van der Waals surface area contributed by atoms with Crippen molar-refractivity contribution in [2.24, 2.45) is 5.92 Å². The summed E-state index contributed by atoms with van der Waals surface area (Å²) in [6.45, 7) is 1.16. The molecule has 0 saturated heterocycles. The molecule has 78 valence electrons. The Labute approximate surface area is 79.9 Å². The van der Waals surface area contributed by atoms with Crippen LogP contribution in [0, 0.1) is 5.92 Å². The van der Waals surface area contributed by atoms with Crippen LogP contribution in [0.2, 0.25) is 5.31 Å². The molecule has 14 heavy (non-hydrogen) atoms. The summed E-state index contributed by atoms with van der Waals surface area (Å²) in [6, 6.07) is 0. The molecule has 0 radical (unpaired) electrons. The maximum Gasteiger partial charge on any atom is 0.462 e. The molecule has 0 bridgehead atoms. The van der Waals surface area contributed by atoms with Crippen LogP contribution < -0.4 is 0 Å². The lowest BCUT2D eigenvalue weighted by molar-refractivity contribution is -0.168. The Hall–Kier alpha value is -0.745. The van der Waals surface area contributed by atoms with Gasteiger partial charge in [-0.3, -0.25) is 0 Å². The third kappa shape index (κ3) is 1.86. The molecule has 0 fully saturated rings. The fourth-order valence-corrected chi connectivity index (χ4v) is 1.46. The molecular formula is C8H10BF3O2. The molecule has 0 amide bonds. The van der Waals surface area contributed by atoms with Gasteiger partial charge in [-0.2, -0.15) is 13.2 Å². The zero-order valence-electron chi connectivity index (χ0n) is 7.49. The Morgan fingerprint density at radius 1 is 1.29 bits per heavy atom. The van der Waals surface area contributed by atoms with Crippen molar-refractivity contribution in [3.05, 3.63) is 24.3 Å². The third-order valence-corrected chi connectivity index (χ3v) is 2.45. The van der Waals surface area contributed by atoms with Gasteiger partial charge < -0.3 is 10.0 Å². The summed E-state index contributed by atoms with van der Waals surface area (Å²) < 4.78 is 37.5. The first-order valence-corrected chi connectivity index (χ1v) is 4.07. The topological polar surface area (TPSA) is 40.5 Å². The van der Waals surface area contributed by atoms with Crippen LogP contribution in [0.3, 0.4) is 0 Å². The second-order valence-corrected chi connectivity index (χ2v) is 3.50. The molecule has 2 nitrogen and oxygen atoms in total. The van der Waals surface area contributed by atoms with Crippen LogP contribution in [-0.4, -0.2) is 23.3 Å². The highest BCUT2D eigenvalue weighted by molar-refractivity contribution is 6.46. The zero-order valence-corrected chi connectivity index (χ0v) is 7.49. The van der Waals surface area contributed by atoms with Gasteiger partial charge in [-0.05, 0) is 0 Å². The minimum absolute atomic E-state index is 0.930. The lowest BCUT2D eigenvalue weighted by Gasteiger charge is -2.35. The van der Waals surface area contributed by atoms with Crippen LogP contribution in [0.1, 0.15) is 6.92 Å². The smallest absolute Gasteiger partial charge is 0.426 e. The fraction of sp³-hybridized carbons (Fsp3) is 0.500. The fourth-order valence-electron chi connectivity index (χ4n) is 1.46. The SMILES string of the molecule is CC1(B(O)O)C=CC=CC1C(F)(F)F. The molecule has 2 N–H and O–H groups in total. The van der Waals surface area contributed by atoms with Gasteiger partial charge in [-0.15, -0.1) is 0 Å². The van der Waals surface area contributed by atoms with Gasteiger partial charge in [-0.1, -0.05) is 31.2 Å². The van der Waals surface area contributed by atoms with Crippen molar-refractivity contribution < 1.29 is 23.2 Å². The van der Waals surface area contributed by atoms with E-state index < -0.39 is 24.5 Å². The molecule has 0 saturated carbocycles. The van der Waals surface area contributed by atoms with Crippen LogP contribution in [0.5, 0.6) is 0 Å². The molecule has 0 heterocycles. The zero-order chi connectivity index (χ0) is 11.0. The average molecular weight is 206 g/mol. The first kappa shape index (κ1) is 11.3. The maximum absolute atomic E-state index is 12.5. The van der Waals surface area contributed by atoms with Crippen molar-refractivity contribution in [2.75, 3.05) is 0 Å². The predicted octanol–water partition coefficient (Wildman–Crippen LogP) is 1.52. The van der Waals surface area contributed by atoms with Crippen molar-refractivity contribution in [2.45, 2.75) is 18.4 Å². The number of alkyl halides is 3. The Morgan fingerprint density at radius 2 is 1.86 bits per heavy atom. The van der Waals surface area contributed by atoms with E-state index in [1.807, 2.05) is 0 Å². The van der Waals surface area contributed by atoms with Crippen LogP contribution in [0.4, 0.5) is 13.2 Å². The molecule has 0 spiro atoms. The second-order valence-electron chi connectivity index (χ2n) is 3.50. The lowest BCUT2D eigenvalue weighted by atomic mass is 9.51. The molecule has 2 atom stereocenters. The van der Waals surface area contributed by atoms with Gasteiger partial charge in [0.25, 0.3) is 0 Å². The minimum Gasteiger partial charge on any atom is -0.426 e. The first-order chi connectivity index (χ1) is 6.28. The van der Waals surface area contributed by atoms with E-state index in [9.17, 15) is 13.2 Å². The summed E-state index contributed by atoms with van der Waals surface area (Å²) in [7, 11) is -2.03. The number of hydrogen-bond acceptors (Lipinski definition) is 2. The summed E-state index contributed by atoms with van der Waals surface area (Å²) >= 11 is 0. The first-order valence-electron chi connectivity index (χ1n) is 4.07. The number of hydrogen-bond donors (Lipinski definition) is 2. The molecule has 2 unspecified atom stereocenters. The standard InChI is InChI=1S/C8H10BF3O2/c1-7(9(13)14)5-3-2-4-6(7)8(10,11)12/h2-6,13-14H,1H3. The Morgan fingerprint density at radius 3 is 2.21 bits per heavy atom. The monoisotopic (exact) mass is 206 g/mol. The normalized spacial score (nSPS) is 32.0. The summed E-state index contributed by atoms with van der Waals surface area (Å²) in [5.74, 6) is -1.86. The van der Waals surface area contributed by atoms with E-state index in [2.05, 4.69) is 0 Å². The highest BCUT2D eigenvalue weighted by atomic mass is 19.4. The van der Waals surface area contributed by atoms with E-state index in [0.717, 1.165) is 19.1 Å². The molecular weight excluding hydrogens is 196 g/mol. The van der Waals surface area contributed by atoms with Crippen molar-refractivity contribution >= 4 is 7.12 Å². The summed E-state index contributed by atoms with van der Waals surface area (Å²) in [4.78, 5) is 0. The molecule has 0 aromatic heterocycles. The van der Waals surface area contributed by atoms with Crippen LogP contribution in [0.15, 0.2) is 24.3 Å². The number of allylic oxidation sites excluding steroid dienone is 4. The van der Waals surface area contributed by atoms with Gasteiger partial charge in [0.2, 0.25) is 0 Å². The van der Waals surface area contributed by atoms with Gasteiger partial charge in [0.15, 0.2) is 0 Å². The van der Waals surface area contributed by atoms with Gasteiger partial charge in [-0.25, -0.2) is 0 Å². The number of halogens is 3. The van der Waals surface area contributed by atoms with Crippen LogP contribution in [0.25, 0.3) is 0 Å². The van der Waals surface area contributed by atoms with E-state index in [0.29, 0.717) is 0 Å². The summed E-state index contributed by atoms with van der Waals surface area (Å²) in [6.07, 6.45) is 0.249. The molecule has 0 aliphatic heterocycles. The molecule has 1 aliphatic carbocycles. The van der Waals surface area contributed by atoms with Crippen molar-refractivity contribution in [3.8, 4) is 0 Å². The molecule has 6 heteroatoms. The van der Waals surface area contributed by atoms with Gasteiger partial charge in [0, 0.05) is 5.31 Å². The van der Waals surface area contributed by atoms with Crippen molar-refractivity contribution in [1.29, 1.82) is 0 Å². The molecule has 0 aromatic carbocycles. The van der Waals surface area contributed by atoms with Gasteiger partial charge in [0.1, 0.15) is 0 Å². The van der Waals surface area contributed by atoms with Crippen LogP contribution >= 0.6 is 0 Å². The second kappa shape index (κ2) is 3.44. The van der Waals surface area contributed by atoms with Crippen molar-refractivity contribution in [3.63, 3.8) is 0 Å². The predicted molar refractivity (Wildman–Crippen MR) is 46.4 cm³/mol. The Kier molecular flexibility index (Phi) is 2.78. The highest BCUT2D eigenvalue weighted by Gasteiger charge is 2.54. The van der Waals surface area contributed by atoms with Crippen LogP contribution in [-0.2, 0) is 0 Å². The van der Waals surface area contributed by atoms with E-state index >= 15 is 0 Å². The van der Waals surface area contributed by atoms with E-state index in [4.69, 9.17) is 10.0 Å². The molecule has 1 aliphatic rings. The largest absolute Gasteiger partial charge is 0.462 e. The van der Waals surface area contributed by atoms with E-state index in [1.54, 1.807) is 0 Å². The van der Waals surface area contributed by atoms with Gasteiger partial charge >= 0.3 is 13.3 Å². The minimum atomic E-state index is -4.47. The highest BCUT2D eigenvalue weighted by Crippen LogP contribution is 2.49. The molecule has 0 aromatic rings. The summed E-state index contributed by atoms with van der Waals surface area (Å²) in [5.41, 5.74) is 0. The quantitative estimate of drug-likeness (QED) is 0.638. The van der Waals surface area contributed by atoms with Crippen molar-refractivity contribution in [1.82, 2.24) is 0 Å². The Bertz CT molecular complexity index is 272. The average Bonchev–Trinajstić information content (AvgIpc) is 2.02. The summed E-state index contributed by atoms with van der Waals surface area (Å²) in [5, 5.41) is 16.2. The van der Waals surface area contributed by atoms with E-state index in [1.165, 1.54) is 12.2 Å². The third-order valence-electron chi connectivity index (χ3n) is 2.45.